The molecule has 0 amide bonds. The van der Waals surface area contributed by atoms with E-state index in [1.165, 1.54) is 23.0 Å². The first-order valence-electron chi connectivity index (χ1n) is 10.2. The van der Waals surface area contributed by atoms with Crippen LogP contribution in [0.15, 0.2) is 28.8 Å². The second kappa shape index (κ2) is 9.58. The molecular weight excluding hydrogens is 452 g/mol. The summed E-state index contributed by atoms with van der Waals surface area (Å²) in [6.07, 6.45) is 4.89. The Balaban J connectivity index is 2.75. The van der Waals surface area contributed by atoms with Crippen LogP contribution in [0.1, 0.15) is 67.6 Å². The Bertz CT molecular complexity index is 1280. The van der Waals surface area contributed by atoms with Crippen LogP contribution in [-0.4, -0.2) is 44.9 Å². The van der Waals surface area contributed by atoms with Gasteiger partial charge in [0.05, 0.1) is 17.3 Å². The molecule has 10 heteroatoms. The molecule has 0 saturated heterocycles. The van der Waals surface area contributed by atoms with Gasteiger partial charge in [0.25, 0.3) is 0 Å². The highest BCUT2D eigenvalue weighted by atomic mass is 32.2. The summed E-state index contributed by atoms with van der Waals surface area (Å²) in [5, 5.41) is 4.16. The Morgan fingerprint density at radius 2 is 1.69 bits per heavy atom. The van der Waals surface area contributed by atoms with Gasteiger partial charge in [-0.25, -0.2) is 13.1 Å². The number of sulfone groups is 1. The fourth-order valence-corrected chi connectivity index (χ4v) is 4.79. The lowest BCUT2D eigenvalue weighted by molar-refractivity contribution is 0.103. The van der Waals surface area contributed by atoms with E-state index < -0.39 is 25.7 Å². The van der Waals surface area contributed by atoms with Gasteiger partial charge in [0, 0.05) is 18.4 Å². The number of aromatic nitrogens is 2. The number of hydrogen-bond acceptors (Lipinski definition) is 7. The zero-order valence-corrected chi connectivity index (χ0v) is 21.1. The van der Waals surface area contributed by atoms with Crippen LogP contribution in [0.25, 0.3) is 5.57 Å². The molecule has 0 atom stereocenters. The summed E-state index contributed by atoms with van der Waals surface area (Å²) in [5.74, 6) is -0.634. The van der Waals surface area contributed by atoms with Crippen LogP contribution in [0.3, 0.4) is 0 Å². The minimum atomic E-state index is -3.90. The molecule has 0 fully saturated rings. The summed E-state index contributed by atoms with van der Waals surface area (Å²) in [4.78, 5) is 13.6. The molecule has 0 aliphatic carbocycles. The Morgan fingerprint density at radius 3 is 2.19 bits per heavy atom. The molecule has 8 nitrogen and oxygen atoms in total. The molecule has 0 aliphatic heterocycles. The van der Waals surface area contributed by atoms with E-state index in [1.807, 2.05) is 27.7 Å². The Hall–Kier alpha value is -2.46. The maximum atomic E-state index is 13.5. The van der Waals surface area contributed by atoms with Gasteiger partial charge in [-0.1, -0.05) is 18.9 Å². The van der Waals surface area contributed by atoms with Gasteiger partial charge in [-0.3, -0.25) is 4.79 Å². The minimum Gasteiger partial charge on any atom is -0.361 e. The van der Waals surface area contributed by atoms with Crippen molar-refractivity contribution in [3.8, 4) is 5.88 Å². The van der Waals surface area contributed by atoms with Crippen molar-refractivity contribution in [2.75, 3.05) is 12.5 Å². The quantitative estimate of drug-likeness (QED) is 0.395. The van der Waals surface area contributed by atoms with Gasteiger partial charge in [-0.2, -0.15) is 13.5 Å². The third kappa shape index (κ3) is 5.66. The molecule has 176 valence electrons. The third-order valence-corrected chi connectivity index (χ3v) is 6.79. The maximum absolute atomic E-state index is 13.5. The monoisotopic (exact) mass is 482 g/mol. The van der Waals surface area contributed by atoms with Crippen molar-refractivity contribution in [2.24, 2.45) is 0 Å². The second-order valence-electron chi connectivity index (χ2n) is 8.07. The molecule has 1 heterocycles. The molecule has 0 aliphatic rings. The fourth-order valence-electron chi connectivity index (χ4n) is 3.33. The first-order chi connectivity index (χ1) is 14.7. The predicted molar refractivity (Wildman–Crippen MR) is 124 cm³/mol. The number of rotatable bonds is 9. The normalized spacial score (nSPS) is 12.0. The van der Waals surface area contributed by atoms with Crippen LogP contribution in [0.2, 0.25) is 0 Å². The number of unbranched alkanes of at least 4 members (excludes halogenated alkanes) is 1. The maximum Gasteiger partial charge on any atom is 0.307 e. The SMILES string of the molecule is CCCCn1ncc(C(=O)c2ccc(S(C)(=O)=O)c(C(C)=C(C)C)c2C)c1OS(C)(=O)=O. The van der Waals surface area contributed by atoms with Gasteiger partial charge >= 0.3 is 10.1 Å². The number of nitrogens with zero attached hydrogens (tertiary/aromatic N) is 2. The average Bonchev–Trinajstić information content (AvgIpc) is 3.04. The summed E-state index contributed by atoms with van der Waals surface area (Å²) in [5.41, 5.74) is 2.88. The Morgan fingerprint density at radius 1 is 1.06 bits per heavy atom. The lowest BCUT2D eigenvalue weighted by atomic mass is 9.91. The van der Waals surface area contributed by atoms with Gasteiger partial charge in [0.15, 0.2) is 15.6 Å². The fraction of sp³-hybridized carbons (Fsp3) is 0.455. The smallest absolute Gasteiger partial charge is 0.307 e. The van der Waals surface area contributed by atoms with Crippen molar-refractivity contribution in [3.63, 3.8) is 0 Å². The van der Waals surface area contributed by atoms with Gasteiger partial charge in [-0.05, 0) is 62.9 Å². The van der Waals surface area contributed by atoms with E-state index in [0.29, 0.717) is 17.7 Å². The minimum absolute atomic E-state index is 0.00235. The van der Waals surface area contributed by atoms with E-state index in [-0.39, 0.29) is 21.9 Å². The first-order valence-corrected chi connectivity index (χ1v) is 13.9. The molecule has 0 bridgehead atoms. The van der Waals surface area contributed by atoms with Gasteiger partial charge < -0.3 is 4.18 Å². The van der Waals surface area contributed by atoms with Crippen molar-refractivity contribution >= 4 is 31.3 Å². The van der Waals surface area contributed by atoms with E-state index in [4.69, 9.17) is 4.18 Å². The van der Waals surface area contributed by atoms with Crippen LogP contribution < -0.4 is 4.18 Å². The zero-order chi connectivity index (χ0) is 24.4. The van der Waals surface area contributed by atoms with E-state index in [9.17, 15) is 21.6 Å². The molecular formula is C22H30N2O6S2. The number of benzene rings is 1. The van der Waals surface area contributed by atoms with Crippen molar-refractivity contribution in [3.05, 3.63) is 46.2 Å². The molecule has 0 N–H and O–H groups in total. The Kier molecular flexibility index (Phi) is 7.72. The molecule has 1 aromatic heterocycles. The van der Waals surface area contributed by atoms with E-state index in [0.717, 1.165) is 36.5 Å². The van der Waals surface area contributed by atoms with Crippen molar-refractivity contribution in [2.45, 2.75) is 58.9 Å². The average molecular weight is 483 g/mol. The summed E-state index contributed by atoms with van der Waals surface area (Å²) >= 11 is 0. The van der Waals surface area contributed by atoms with Crippen LogP contribution >= 0.6 is 0 Å². The summed E-state index contributed by atoms with van der Waals surface area (Å²) in [7, 11) is -7.45. The number of ketones is 1. The topological polar surface area (TPSA) is 112 Å². The van der Waals surface area contributed by atoms with Crippen LogP contribution in [0, 0.1) is 6.92 Å². The molecule has 32 heavy (non-hydrogen) atoms. The van der Waals surface area contributed by atoms with E-state index in [2.05, 4.69) is 5.10 Å². The van der Waals surface area contributed by atoms with Crippen LogP contribution in [0.5, 0.6) is 5.88 Å². The molecule has 0 saturated carbocycles. The number of aryl methyl sites for hydroxylation is 1. The number of allylic oxidation sites excluding steroid dienone is 2. The first kappa shape index (κ1) is 25.8. The van der Waals surface area contributed by atoms with Crippen LogP contribution in [0.4, 0.5) is 0 Å². The molecule has 2 aromatic rings. The van der Waals surface area contributed by atoms with Crippen LogP contribution in [-0.2, 0) is 26.5 Å². The molecule has 1 aromatic carbocycles. The zero-order valence-electron chi connectivity index (χ0n) is 19.5. The standard InChI is InChI=1S/C22H30N2O6S2/c1-8-9-12-24-22(30-32(7,28)29)18(13-23-24)21(25)17-10-11-19(31(6,26)27)20(16(17)5)15(4)14(2)3/h10-11,13H,8-9,12H2,1-7H3. The third-order valence-electron chi connectivity index (χ3n) is 5.19. The number of carbonyl (C=O) groups excluding carboxylic acids is 1. The number of hydrogen-bond donors (Lipinski definition) is 0. The van der Waals surface area contributed by atoms with E-state index >= 15 is 0 Å². The number of carbonyl (C=O) groups is 1. The Labute approximate surface area is 190 Å². The van der Waals surface area contributed by atoms with Crippen molar-refractivity contribution in [1.29, 1.82) is 0 Å². The molecule has 0 spiro atoms. The highest BCUT2D eigenvalue weighted by molar-refractivity contribution is 7.90. The summed E-state index contributed by atoms with van der Waals surface area (Å²) < 4.78 is 54.9. The molecule has 0 unspecified atom stereocenters. The van der Waals surface area contributed by atoms with Gasteiger partial charge in [-0.15, -0.1) is 0 Å². The van der Waals surface area contributed by atoms with E-state index in [1.54, 1.807) is 6.92 Å². The molecule has 0 radical (unpaired) electrons. The largest absolute Gasteiger partial charge is 0.361 e. The van der Waals surface area contributed by atoms with Crippen molar-refractivity contribution in [1.82, 2.24) is 9.78 Å². The van der Waals surface area contributed by atoms with Gasteiger partial charge in [0.2, 0.25) is 5.88 Å². The highest BCUT2D eigenvalue weighted by Gasteiger charge is 2.27. The predicted octanol–water partition coefficient (Wildman–Crippen LogP) is 3.78. The second-order valence-corrected chi connectivity index (χ2v) is 11.6. The highest BCUT2D eigenvalue weighted by Crippen LogP contribution is 2.33. The molecule has 2 rings (SSSR count). The van der Waals surface area contributed by atoms with Gasteiger partial charge in [0.1, 0.15) is 5.56 Å². The lowest BCUT2D eigenvalue weighted by Crippen LogP contribution is -2.15. The summed E-state index contributed by atoms with van der Waals surface area (Å²) in [6, 6.07) is 2.86. The lowest BCUT2D eigenvalue weighted by Gasteiger charge is -2.17. The summed E-state index contributed by atoms with van der Waals surface area (Å²) in [6.45, 7) is 9.59. The van der Waals surface area contributed by atoms with Crippen molar-refractivity contribution < 1.29 is 25.8 Å².